The Bertz CT molecular complexity index is 290. The van der Waals surface area contributed by atoms with Gasteiger partial charge in [0.15, 0.2) is 0 Å². The molecule has 0 spiro atoms. The smallest absolute Gasteiger partial charge is 0.127 e. The third kappa shape index (κ3) is 2.79. The van der Waals surface area contributed by atoms with Crippen LogP contribution < -0.4 is 5.32 Å². The summed E-state index contributed by atoms with van der Waals surface area (Å²) in [7, 11) is 0. The summed E-state index contributed by atoms with van der Waals surface area (Å²) in [5.41, 5.74) is 0.632. The number of benzene rings is 1. The minimum atomic E-state index is -0.211. The van der Waals surface area contributed by atoms with Gasteiger partial charge < -0.3 is 10.4 Å². The lowest BCUT2D eigenvalue weighted by atomic mass is 10.1. The average Bonchev–Trinajstić information content (AvgIpc) is 2.18. The number of rotatable bonds is 4. The van der Waals surface area contributed by atoms with Gasteiger partial charge in [-0.3, -0.25) is 0 Å². The molecule has 0 radical (unpaired) electrons. The molecule has 2 atom stereocenters. The molecular weight excluding hydrogens is 181 g/mol. The number of hydrogen-bond acceptors (Lipinski definition) is 2. The maximum Gasteiger partial charge on any atom is 0.127 e. The van der Waals surface area contributed by atoms with E-state index in [0.29, 0.717) is 5.56 Å². The first-order chi connectivity index (χ1) is 6.65. The summed E-state index contributed by atoms with van der Waals surface area (Å²) in [6.07, 6.45) is 0. The number of nitrogens with one attached hydrogen (secondary N) is 1. The first kappa shape index (κ1) is 11.1. The van der Waals surface area contributed by atoms with Crippen molar-refractivity contribution in [2.45, 2.75) is 25.9 Å². The van der Waals surface area contributed by atoms with Crippen LogP contribution in [0, 0.1) is 5.82 Å². The van der Waals surface area contributed by atoms with Gasteiger partial charge in [0, 0.05) is 17.6 Å². The Morgan fingerprint density at radius 2 is 2.00 bits per heavy atom. The third-order valence-corrected chi connectivity index (χ3v) is 2.18. The van der Waals surface area contributed by atoms with Gasteiger partial charge in [-0.2, -0.15) is 0 Å². The molecule has 2 N–H and O–H groups in total. The van der Waals surface area contributed by atoms with Crippen molar-refractivity contribution >= 4 is 0 Å². The number of aliphatic hydroxyl groups excluding tert-OH is 1. The van der Waals surface area contributed by atoms with Gasteiger partial charge in [-0.1, -0.05) is 18.2 Å². The molecule has 0 bridgehead atoms. The van der Waals surface area contributed by atoms with Crippen LogP contribution in [0.4, 0.5) is 4.39 Å². The Morgan fingerprint density at radius 3 is 2.57 bits per heavy atom. The zero-order valence-corrected chi connectivity index (χ0v) is 8.50. The fourth-order valence-electron chi connectivity index (χ4n) is 1.40. The van der Waals surface area contributed by atoms with E-state index in [1.54, 1.807) is 18.2 Å². The molecule has 0 saturated heterocycles. The van der Waals surface area contributed by atoms with Crippen LogP contribution in [0.5, 0.6) is 0 Å². The zero-order valence-electron chi connectivity index (χ0n) is 8.50. The monoisotopic (exact) mass is 197 g/mol. The Kier molecular flexibility index (Phi) is 4.04. The predicted molar refractivity (Wildman–Crippen MR) is 54.5 cm³/mol. The van der Waals surface area contributed by atoms with Gasteiger partial charge in [0.2, 0.25) is 0 Å². The highest BCUT2D eigenvalue weighted by Crippen LogP contribution is 2.16. The molecule has 0 amide bonds. The first-order valence-corrected chi connectivity index (χ1v) is 4.76. The van der Waals surface area contributed by atoms with Gasteiger partial charge in [0.25, 0.3) is 0 Å². The van der Waals surface area contributed by atoms with E-state index in [0.717, 1.165) is 0 Å². The molecule has 0 saturated carbocycles. The van der Waals surface area contributed by atoms with Crippen LogP contribution in [0.15, 0.2) is 24.3 Å². The molecular formula is C11H16FNO. The predicted octanol–water partition coefficient (Wildman–Crippen LogP) is 1.86. The highest BCUT2D eigenvalue weighted by Gasteiger charge is 2.11. The maximum absolute atomic E-state index is 13.3. The molecule has 1 aromatic carbocycles. The van der Waals surface area contributed by atoms with E-state index >= 15 is 0 Å². The van der Waals surface area contributed by atoms with Gasteiger partial charge >= 0.3 is 0 Å². The van der Waals surface area contributed by atoms with E-state index in [9.17, 15) is 4.39 Å². The van der Waals surface area contributed by atoms with Crippen LogP contribution in [0.2, 0.25) is 0 Å². The fourth-order valence-corrected chi connectivity index (χ4v) is 1.40. The second-order valence-electron chi connectivity index (χ2n) is 3.49. The normalized spacial score (nSPS) is 15.1. The molecule has 0 aromatic heterocycles. The van der Waals surface area contributed by atoms with Gasteiger partial charge in [-0.15, -0.1) is 0 Å². The van der Waals surface area contributed by atoms with Crippen LogP contribution in [-0.4, -0.2) is 17.8 Å². The lowest BCUT2D eigenvalue weighted by molar-refractivity contribution is 0.242. The minimum Gasteiger partial charge on any atom is -0.395 e. The molecule has 78 valence electrons. The van der Waals surface area contributed by atoms with Crippen LogP contribution in [-0.2, 0) is 0 Å². The van der Waals surface area contributed by atoms with Crippen LogP contribution in [0.3, 0.4) is 0 Å². The number of aliphatic hydroxyl groups is 1. The van der Waals surface area contributed by atoms with Crippen molar-refractivity contribution < 1.29 is 9.50 Å². The average molecular weight is 197 g/mol. The summed E-state index contributed by atoms with van der Waals surface area (Å²) in [4.78, 5) is 0. The van der Waals surface area contributed by atoms with Crippen LogP contribution in [0.25, 0.3) is 0 Å². The summed E-state index contributed by atoms with van der Waals surface area (Å²) < 4.78 is 13.3. The highest BCUT2D eigenvalue weighted by molar-refractivity contribution is 5.20. The second kappa shape index (κ2) is 5.08. The van der Waals surface area contributed by atoms with Crippen LogP contribution in [0.1, 0.15) is 25.5 Å². The molecule has 0 fully saturated rings. The number of halogens is 1. The molecule has 0 heterocycles. The zero-order chi connectivity index (χ0) is 10.6. The Morgan fingerprint density at radius 1 is 1.36 bits per heavy atom. The van der Waals surface area contributed by atoms with Gasteiger partial charge in [0.05, 0.1) is 6.61 Å². The van der Waals surface area contributed by atoms with Crippen molar-refractivity contribution in [2.24, 2.45) is 0 Å². The second-order valence-corrected chi connectivity index (χ2v) is 3.49. The molecule has 1 rings (SSSR count). The molecule has 1 aromatic rings. The first-order valence-electron chi connectivity index (χ1n) is 4.76. The number of hydrogen-bond donors (Lipinski definition) is 2. The quantitative estimate of drug-likeness (QED) is 0.772. The molecule has 0 aliphatic rings. The minimum absolute atomic E-state index is 0.0235. The molecule has 2 nitrogen and oxygen atoms in total. The Hall–Kier alpha value is -0.930. The van der Waals surface area contributed by atoms with Crippen molar-refractivity contribution in [1.82, 2.24) is 5.32 Å². The van der Waals surface area contributed by atoms with Crippen molar-refractivity contribution in [3.05, 3.63) is 35.6 Å². The molecule has 0 aliphatic carbocycles. The lowest BCUT2D eigenvalue weighted by Gasteiger charge is -2.18. The van der Waals surface area contributed by atoms with E-state index in [-0.39, 0.29) is 24.5 Å². The largest absolute Gasteiger partial charge is 0.395 e. The molecule has 0 unspecified atom stereocenters. The molecule has 14 heavy (non-hydrogen) atoms. The lowest BCUT2D eigenvalue weighted by Crippen LogP contribution is -2.32. The summed E-state index contributed by atoms with van der Waals surface area (Å²) in [5.74, 6) is -0.211. The summed E-state index contributed by atoms with van der Waals surface area (Å²) in [5, 5.41) is 11.9. The van der Waals surface area contributed by atoms with E-state index in [1.165, 1.54) is 6.07 Å². The molecule has 0 aliphatic heterocycles. The van der Waals surface area contributed by atoms with E-state index in [4.69, 9.17) is 5.11 Å². The summed E-state index contributed by atoms with van der Waals surface area (Å²) >= 11 is 0. The topological polar surface area (TPSA) is 32.3 Å². The Balaban J connectivity index is 2.69. The summed E-state index contributed by atoms with van der Waals surface area (Å²) in [6, 6.07) is 6.55. The fraction of sp³-hybridized carbons (Fsp3) is 0.455. The summed E-state index contributed by atoms with van der Waals surface area (Å²) in [6.45, 7) is 3.79. The van der Waals surface area contributed by atoms with Gasteiger partial charge in [-0.25, -0.2) is 4.39 Å². The van der Waals surface area contributed by atoms with Crippen molar-refractivity contribution in [3.63, 3.8) is 0 Å². The SMILES string of the molecule is C[C@@H](CO)N[C@H](C)c1ccccc1F. The van der Waals surface area contributed by atoms with Crippen molar-refractivity contribution in [2.75, 3.05) is 6.61 Å². The van der Waals surface area contributed by atoms with E-state index in [2.05, 4.69) is 5.32 Å². The molecule has 3 heteroatoms. The van der Waals surface area contributed by atoms with Crippen molar-refractivity contribution in [3.8, 4) is 0 Å². The third-order valence-electron chi connectivity index (χ3n) is 2.18. The van der Waals surface area contributed by atoms with Gasteiger partial charge in [-0.05, 0) is 19.9 Å². The highest BCUT2D eigenvalue weighted by atomic mass is 19.1. The van der Waals surface area contributed by atoms with Gasteiger partial charge in [0.1, 0.15) is 5.82 Å². The van der Waals surface area contributed by atoms with Crippen LogP contribution >= 0.6 is 0 Å². The Labute approximate surface area is 83.8 Å². The maximum atomic E-state index is 13.3. The van der Waals surface area contributed by atoms with E-state index in [1.807, 2.05) is 13.8 Å². The standard InChI is InChI=1S/C11H16FNO/c1-8(7-14)13-9(2)10-5-3-4-6-11(10)12/h3-6,8-9,13-14H,7H2,1-2H3/t8-,9+/m0/s1. The van der Waals surface area contributed by atoms with Crippen molar-refractivity contribution in [1.29, 1.82) is 0 Å². The van der Waals surface area contributed by atoms with E-state index < -0.39 is 0 Å².